The van der Waals surface area contributed by atoms with Crippen molar-refractivity contribution in [1.82, 2.24) is 10.2 Å². The third-order valence-corrected chi connectivity index (χ3v) is 4.01. The summed E-state index contributed by atoms with van der Waals surface area (Å²) < 4.78 is 0. The molecule has 2 aromatic carbocycles. The van der Waals surface area contributed by atoms with E-state index >= 15 is 0 Å². The molecule has 0 aliphatic rings. The maximum Gasteiger partial charge on any atom is 0.258 e. The topological polar surface area (TPSA) is 70.2 Å². The first kappa shape index (κ1) is 17.7. The lowest BCUT2D eigenvalue weighted by atomic mass is 10.2. The molecular weight excluding hydrogens is 350 g/mol. The number of nitrogens with one attached hydrogen (secondary N) is 2. The molecule has 132 valence electrons. The molecule has 0 saturated heterocycles. The standard InChI is InChI=1S/C19H18ClN5O/c1-25(2)14-9-7-13(8-10-14)21-17-11-12-18(24-23-17)22-19(26)15-5-3-4-6-16(15)20/h3-12H,1-2H3,(H,21,23)(H,22,24,26). The number of benzene rings is 2. The van der Waals surface area contributed by atoms with Crippen molar-refractivity contribution in [2.45, 2.75) is 0 Å². The Hall–Kier alpha value is -3.12. The number of rotatable bonds is 5. The molecule has 1 heterocycles. The summed E-state index contributed by atoms with van der Waals surface area (Å²) in [6.07, 6.45) is 0. The largest absolute Gasteiger partial charge is 0.378 e. The van der Waals surface area contributed by atoms with Gasteiger partial charge in [-0.25, -0.2) is 0 Å². The molecule has 0 spiro atoms. The van der Waals surface area contributed by atoms with E-state index < -0.39 is 0 Å². The van der Waals surface area contributed by atoms with E-state index in [2.05, 4.69) is 20.8 Å². The van der Waals surface area contributed by atoms with E-state index in [0.29, 0.717) is 22.2 Å². The summed E-state index contributed by atoms with van der Waals surface area (Å²) in [4.78, 5) is 14.2. The summed E-state index contributed by atoms with van der Waals surface area (Å²) >= 11 is 6.02. The van der Waals surface area contributed by atoms with Crippen LogP contribution in [0.15, 0.2) is 60.7 Å². The van der Waals surface area contributed by atoms with Crippen LogP contribution in [0.4, 0.5) is 23.0 Å². The third-order valence-electron chi connectivity index (χ3n) is 3.68. The highest BCUT2D eigenvalue weighted by molar-refractivity contribution is 6.34. The van der Waals surface area contributed by atoms with Crippen molar-refractivity contribution >= 4 is 40.5 Å². The zero-order valence-corrected chi connectivity index (χ0v) is 15.2. The number of hydrogen-bond donors (Lipinski definition) is 2. The van der Waals surface area contributed by atoms with Crippen LogP contribution in [0.5, 0.6) is 0 Å². The average Bonchev–Trinajstić information content (AvgIpc) is 2.64. The number of hydrogen-bond acceptors (Lipinski definition) is 5. The van der Waals surface area contributed by atoms with E-state index in [-0.39, 0.29) is 5.91 Å². The van der Waals surface area contributed by atoms with Gasteiger partial charge < -0.3 is 15.5 Å². The molecule has 6 nitrogen and oxygen atoms in total. The lowest BCUT2D eigenvalue weighted by Crippen LogP contribution is -2.14. The predicted molar refractivity (Wildman–Crippen MR) is 105 cm³/mol. The molecular formula is C19H18ClN5O. The van der Waals surface area contributed by atoms with Crippen LogP contribution in [-0.2, 0) is 0 Å². The van der Waals surface area contributed by atoms with Gasteiger partial charge in [-0.1, -0.05) is 23.7 Å². The quantitative estimate of drug-likeness (QED) is 0.707. The number of aromatic nitrogens is 2. The van der Waals surface area contributed by atoms with Crippen LogP contribution in [0.25, 0.3) is 0 Å². The van der Waals surface area contributed by atoms with E-state index in [1.807, 2.05) is 43.3 Å². The number of carbonyl (C=O) groups excluding carboxylic acids is 1. The van der Waals surface area contributed by atoms with Gasteiger partial charge in [0.2, 0.25) is 0 Å². The zero-order chi connectivity index (χ0) is 18.5. The van der Waals surface area contributed by atoms with Gasteiger partial charge in [-0.3, -0.25) is 4.79 Å². The lowest BCUT2D eigenvalue weighted by Gasteiger charge is -2.13. The van der Waals surface area contributed by atoms with E-state index in [1.54, 1.807) is 36.4 Å². The minimum atomic E-state index is -0.329. The number of anilines is 4. The monoisotopic (exact) mass is 367 g/mol. The van der Waals surface area contributed by atoms with Crippen LogP contribution in [-0.4, -0.2) is 30.2 Å². The Bertz CT molecular complexity index is 895. The number of amides is 1. The Morgan fingerprint density at radius 3 is 2.19 bits per heavy atom. The number of nitrogens with zero attached hydrogens (tertiary/aromatic N) is 3. The maximum atomic E-state index is 12.2. The Morgan fingerprint density at radius 2 is 1.58 bits per heavy atom. The van der Waals surface area contributed by atoms with E-state index in [1.165, 1.54) is 0 Å². The van der Waals surface area contributed by atoms with Gasteiger partial charge in [-0.05, 0) is 48.5 Å². The minimum Gasteiger partial charge on any atom is -0.378 e. The Balaban J connectivity index is 1.65. The lowest BCUT2D eigenvalue weighted by molar-refractivity contribution is 0.102. The first-order valence-corrected chi connectivity index (χ1v) is 8.35. The highest BCUT2D eigenvalue weighted by Crippen LogP contribution is 2.20. The molecule has 0 fully saturated rings. The van der Waals surface area contributed by atoms with Crippen molar-refractivity contribution in [3.8, 4) is 0 Å². The Kier molecular flexibility index (Phi) is 5.34. The van der Waals surface area contributed by atoms with Crippen LogP contribution in [0.3, 0.4) is 0 Å². The third kappa shape index (κ3) is 4.29. The predicted octanol–water partition coefficient (Wildman–Crippen LogP) is 4.19. The molecule has 0 bridgehead atoms. The molecule has 7 heteroatoms. The molecule has 0 aliphatic carbocycles. The van der Waals surface area contributed by atoms with Crippen molar-refractivity contribution in [2.24, 2.45) is 0 Å². The van der Waals surface area contributed by atoms with E-state index in [4.69, 9.17) is 11.6 Å². The van der Waals surface area contributed by atoms with Crippen LogP contribution in [0.1, 0.15) is 10.4 Å². The number of carbonyl (C=O) groups is 1. The molecule has 1 aromatic heterocycles. The Labute approximate surface area is 156 Å². The summed E-state index contributed by atoms with van der Waals surface area (Å²) in [7, 11) is 3.98. The average molecular weight is 368 g/mol. The molecule has 1 amide bonds. The van der Waals surface area contributed by atoms with Crippen LogP contribution >= 0.6 is 11.6 Å². The normalized spacial score (nSPS) is 10.3. The van der Waals surface area contributed by atoms with Crippen molar-refractivity contribution in [2.75, 3.05) is 29.6 Å². The summed E-state index contributed by atoms with van der Waals surface area (Å²) in [5, 5.41) is 14.3. The fraction of sp³-hybridized carbons (Fsp3) is 0.105. The molecule has 2 N–H and O–H groups in total. The maximum absolute atomic E-state index is 12.2. The van der Waals surface area contributed by atoms with Crippen molar-refractivity contribution in [1.29, 1.82) is 0 Å². The van der Waals surface area contributed by atoms with Crippen LogP contribution in [0, 0.1) is 0 Å². The molecule has 3 rings (SSSR count). The molecule has 0 saturated carbocycles. The van der Waals surface area contributed by atoms with Gasteiger partial charge in [-0.15, -0.1) is 10.2 Å². The molecule has 0 radical (unpaired) electrons. The summed E-state index contributed by atoms with van der Waals surface area (Å²) in [6, 6.07) is 18.2. The van der Waals surface area contributed by atoms with Crippen LogP contribution < -0.4 is 15.5 Å². The van der Waals surface area contributed by atoms with E-state index in [9.17, 15) is 4.79 Å². The first-order valence-electron chi connectivity index (χ1n) is 7.97. The van der Waals surface area contributed by atoms with E-state index in [0.717, 1.165) is 11.4 Å². The van der Waals surface area contributed by atoms with Gasteiger partial charge in [0.05, 0.1) is 10.6 Å². The second-order valence-electron chi connectivity index (χ2n) is 5.80. The smallest absolute Gasteiger partial charge is 0.258 e. The second kappa shape index (κ2) is 7.84. The van der Waals surface area contributed by atoms with Gasteiger partial charge >= 0.3 is 0 Å². The number of halogens is 1. The van der Waals surface area contributed by atoms with Gasteiger partial charge in [0.25, 0.3) is 5.91 Å². The fourth-order valence-corrected chi connectivity index (χ4v) is 2.51. The van der Waals surface area contributed by atoms with Crippen LogP contribution in [0.2, 0.25) is 5.02 Å². The van der Waals surface area contributed by atoms with Gasteiger partial charge in [0.1, 0.15) is 0 Å². The fourth-order valence-electron chi connectivity index (χ4n) is 2.29. The second-order valence-corrected chi connectivity index (χ2v) is 6.21. The van der Waals surface area contributed by atoms with Gasteiger partial charge in [0.15, 0.2) is 11.6 Å². The van der Waals surface area contributed by atoms with Crippen molar-refractivity contribution in [3.63, 3.8) is 0 Å². The summed E-state index contributed by atoms with van der Waals surface area (Å²) in [5.74, 6) is 0.603. The molecule has 0 atom stereocenters. The van der Waals surface area contributed by atoms with Crippen molar-refractivity contribution in [3.05, 3.63) is 71.2 Å². The SMILES string of the molecule is CN(C)c1ccc(Nc2ccc(NC(=O)c3ccccc3Cl)nn2)cc1. The Morgan fingerprint density at radius 1 is 0.923 bits per heavy atom. The first-order chi connectivity index (χ1) is 12.5. The van der Waals surface area contributed by atoms with Gasteiger partial charge in [-0.2, -0.15) is 0 Å². The molecule has 0 unspecified atom stereocenters. The zero-order valence-electron chi connectivity index (χ0n) is 14.4. The molecule has 26 heavy (non-hydrogen) atoms. The highest BCUT2D eigenvalue weighted by Gasteiger charge is 2.10. The molecule has 0 aliphatic heterocycles. The highest BCUT2D eigenvalue weighted by atomic mass is 35.5. The minimum absolute atomic E-state index is 0.329. The van der Waals surface area contributed by atoms with Crippen molar-refractivity contribution < 1.29 is 4.79 Å². The summed E-state index contributed by atoms with van der Waals surface area (Å²) in [6.45, 7) is 0. The van der Waals surface area contributed by atoms with Gasteiger partial charge in [0, 0.05) is 25.5 Å². The molecule has 3 aromatic rings. The summed E-state index contributed by atoms with van der Waals surface area (Å²) in [5.41, 5.74) is 2.40.